The number of rotatable bonds is 7. The molecule has 134 valence electrons. The van der Waals surface area contributed by atoms with Gasteiger partial charge in [-0.1, -0.05) is 6.92 Å². The molecular weight excluding hydrogens is 352 g/mol. The summed E-state index contributed by atoms with van der Waals surface area (Å²) in [5.74, 6) is -1.62. The molecule has 24 heavy (non-hydrogen) atoms. The van der Waals surface area contributed by atoms with Crippen LogP contribution in [0.2, 0.25) is 0 Å². The van der Waals surface area contributed by atoms with Crippen LogP contribution < -0.4 is 10.0 Å². The number of amides is 1. The highest BCUT2D eigenvalue weighted by Crippen LogP contribution is 2.23. The summed E-state index contributed by atoms with van der Waals surface area (Å²) >= 11 is 1.05. The SMILES string of the molecule is CC1CCC(NS(=O)(=O)CC(=O)NCc2ccc(C(=O)O)s2)CC1. The highest BCUT2D eigenvalue weighted by atomic mass is 32.2. The molecule has 2 rings (SSSR count). The molecule has 0 spiro atoms. The molecule has 1 aromatic heterocycles. The van der Waals surface area contributed by atoms with Gasteiger partial charge in [0.15, 0.2) is 0 Å². The number of carbonyl (C=O) groups excluding carboxylic acids is 1. The molecule has 0 atom stereocenters. The Labute approximate surface area is 145 Å². The second kappa shape index (κ2) is 8.09. The average molecular weight is 374 g/mol. The van der Waals surface area contributed by atoms with Crippen molar-refractivity contribution in [1.29, 1.82) is 0 Å². The van der Waals surface area contributed by atoms with Crippen molar-refractivity contribution < 1.29 is 23.1 Å². The molecule has 9 heteroatoms. The van der Waals surface area contributed by atoms with Crippen LogP contribution in [0.1, 0.15) is 47.2 Å². The molecule has 0 unspecified atom stereocenters. The molecule has 1 fully saturated rings. The first-order chi connectivity index (χ1) is 11.2. The second-order valence-electron chi connectivity index (χ2n) is 6.18. The van der Waals surface area contributed by atoms with E-state index in [1.165, 1.54) is 6.07 Å². The second-order valence-corrected chi connectivity index (χ2v) is 9.10. The lowest BCUT2D eigenvalue weighted by Crippen LogP contribution is -2.42. The molecule has 0 radical (unpaired) electrons. The Morgan fingerprint density at radius 3 is 2.50 bits per heavy atom. The van der Waals surface area contributed by atoms with Gasteiger partial charge in [-0.2, -0.15) is 0 Å². The molecule has 0 bridgehead atoms. The van der Waals surface area contributed by atoms with Gasteiger partial charge in [0, 0.05) is 10.9 Å². The maximum atomic E-state index is 12.0. The minimum absolute atomic E-state index is 0.0885. The van der Waals surface area contributed by atoms with Crippen molar-refractivity contribution in [3.8, 4) is 0 Å². The number of nitrogens with one attached hydrogen (secondary N) is 2. The third-order valence-electron chi connectivity index (χ3n) is 4.02. The molecule has 0 saturated heterocycles. The predicted molar refractivity (Wildman–Crippen MR) is 91.5 cm³/mol. The normalized spacial score (nSPS) is 21.4. The molecule has 0 aromatic carbocycles. The van der Waals surface area contributed by atoms with E-state index in [2.05, 4.69) is 17.0 Å². The zero-order valence-corrected chi connectivity index (χ0v) is 15.1. The van der Waals surface area contributed by atoms with Gasteiger partial charge in [-0.25, -0.2) is 17.9 Å². The molecular formula is C15H22N2O5S2. The molecule has 0 aliphatic heterocycles. The Balaban J connectivity index is 1.78. The number of sulfonamides is 1. The fourth-order valence-electron chi connectivity index (χ4n) is 2.67. The van der Waals surface area contributed by atoms with E-state index in [1.54, 1.807) is 6.07 Å². The summed E-state index contributed by atoms with van der Waals surface area (Å²) < 4.78 is 26.7. The smallest absolute Gasteiger partial charge is 0.345 e. The van der Waals surface area contributed by atoms with Gasteiger partial charge in [0.2, 0.25) is 15.9 Å². The summed E-state index contributed by atoms with van der Waals surface area (Å²) in [6, 6.07) is 2.97. The van der Waals surface area contributed by atoms with Gasteiger partial charge in [-0.3, -0.25) is 4.79 Å². The predicted octanol–water partition coefficient (Wildman–Crippen LogP) is 1.56. The quantitative estimate of drug-likeness (QED) is 0.670. The molecule has 3 N–H and O–H groups in total. The van der Waals surface area contributed by atoms with Gasteiger partial charge in [0.1, 0.15) is 10.6 Å². The Bertz CT molecular complexity index is 690. The van der Waals surface area contributed by atoms with Crippen LogP contribution in [0.5, 0.6) is 0 Å². The van der Waals surface area contributed by atoms with Crippen LogP contribution in [0.4, 0.5) is 0 Å². The zero-order chi connectivity index (χ0) is 17.7. The fourth-order valence-corrected chi connectivity index (χ4v) is 4.73. The van der Waals surface area contributed by atoms with Crippen LogP contribution >= 0.6 is 11.3 Å². The lowest BCUT2D eigenvalue weighted by molar-refractivity contribution is -0.118. The lowest BCUT2D eigenvalue weighted by atomic mass is 9.88. The summed E-state index contributed by atoms with van der Waals surface area (Å²) in [7, 11) is -3.66. The first-order valence-electron chi connectivity index (χ1n) is 7.84. The van der Waals surface area contributed by atoms with Crippen molar-refractivity contribution in [3.63, 3.8) is 0 Å². The third kappa shape index (κ3) is 5.88. The van der Waals surface area contributed by atoms with E-state index in [0.29, 0.717) is 10.8 Å². The number of carboxylic acid groups (broad SMARTS) is 1. The van der Waals surface area contributed by atoms with E-state index < -0.39 is 27.7 Å². The van der Waals surface area contributed by atoms with Gasteiger partial charge in [-0.15, -0.1) is 11.3 Å². The Morgan fingerprint density at radius 2 is 1.92 bits per heavy atom. The van der Waals surface area contributed by atoms with E-state index in [4.69, 9.17) is 5.11 Å². The number of thiophene rings is 1. The minimum atomic E-state index is -3.66. The maximum Gasteiger partial charge on any atom is 0.345 e. The summed E-state index contributed by atoms with van der Waals surface area (Å²) in [6.45, 7) is 2.27. The van der Waals surface area contributed by atoms with Gasteiger partial charge in [-0.05, 0) is 43.7 Å². The van der Waals surface area contributed by atoms with Crippen LogP contribution in [0.3, 0.4) is 0 Å². The van der Waals surface area contributed by atoms with Gasteiger partial charge in [0.25, 0.3) is 0 Å². The number of carbonyl (C=O) groups is 2. The Kier molecular flexibility index (Phi) is 6.36. The van der Waals surface area contributed by atoms with Crippen molar-refractivity contribution in [3.05, 3.63) is 21.9 Å². The highest BCUT2D eigenvalue weighted by molar-refractivity contribution is 7.90. The minimum Gasteiger partial charge on any atom is -0.477 e. The molecule has 1 aliphatic rings. The molecule has 1 saturated carbocycles. The third-order valence-corrected chi connectivity index (χ3v) is 6.42. The summed E-state index contributed by atoms with van der Waals surface area (Å²) in [5.41, 5.74) is 0. The van der Waals surface area contributed by atoms with E-state index in [0.717, 1.165) is 37.0 Å². The monoisotopic (exact) mass is 374 g/mol. The first kappa shape index (κ1) is 18.9. The van der Waals surface area contributed by atoms with Crippen molar-refractivity contribution in [2.24, 2.45) is 5.92 Å². The van der Waals surface area contributed by atoms with Crippen molar-refractivity contribution in [1.82, 2.24) is 10.0 Å². The largest absolute Gasteiger partial charge is 0.477 e. The van der Waals surface area contributed by atoms with Gasteiger partial charge in [0.05, 0.1) is 6.54 Å². The van der Waals surface area contributed by atoms with Crippen LogP contribution in [-0.4, -0.2) is 37.2 Å². The van der Waals surface area contributed by atoms with Crippen LogP contribution in [0.25, 0.3) is 0 Å². The molecule has 1 amide bonds. The fraction of sp³-hybridized carbons (Fsp3) is 0.600. The van der Waals surface area contributed by atoms with E-state index in [9.17, 15) is 18.0 Å². The topological polar surface area (TPSA) is 113 Å². The van der Waals surface area contributed by atoms with Crippen molar-refractivity contribution >= 4 is 33.2 Å². The number of carboxylic acids is 1. The summed E-state index contributed by atoms with van der Waals surface area (Å²) in [4.78, 5) is 23.4. The lowest BCUT2D eigenvalue weighted by Gasteiger charge is -2.26. The van der Waals surface area contributed by atoms with E-state index in [-0.39, 0.29) is 17.5 Å². The van der Waals surface area contributed by atoms with Crippen LogP contribution in [-0.2, 0) is 21.4 Å². The van der Waals surface area contributed by atoms with Crippen LogP contribution in [0, 0.1) is 5.92 Å². The van der Waals surface area contributed by atoms with Crippen molar-refractivity contribution in [2.75, 3.05) is 5.75 Å². The molecule has 1 aliphatic carbocycles. The maximum absolute atomic E-state index is 12.0. The zero-order valence-electron chi connectivity index (χ0n) is 13.4. The number of hydrogen-bond acceptors (Lipinski definition) is 5. The highest BCUT2D eigenvalue weighted by Gasteiger charge is 2.24. The summed E-state index contributed by atoms with van der Waals surface area (Å²) in [6.07, 6.45) is 3.58. The number of hydrogen-bond donors (Lipinski definition) is 3. The Hall–Kier alpha value is -1.45. The van der Waals surface area contributed by atoms with E-state index in [1.807, 2.05) is 0 Å². The van der Waals surface area contributed by atoms with Gasteiger partial charge < -0.3 is 10.4 Å². The van der Waals surface area contributed by atoms with E-state index >= 15 is 0 Å². The van der Waals surface area contributed by atoms with Crippen molar-refractivity contribution in [2.45, 2.75) is 45.2 Å². The average Bonchev–Trinajstić information content (AvgIpc) is 2.96. The summed E-state index contributed by atoms with van der Waals surface area (Å²) in [5, 5.41) is 11.3. The Morgan fingerprint density at radius 1 is 1.25 bits per heavy atom. The number of aromatic carboxylic acids is 1. The molecule has 1 aromatic rings. The van der Waals surface area contributed by atoms with Gasteiger partial charge >= 0.3 is 5.97 Å². The molecule has 7 nitrogen and oxygen atoms in total. The standard InChI is InChI=1S/C15H22N2O5S2/c1-10-2-4-11(5-3-10)17-24(21,22)9-14(18)16-8-12-6-7-13(23-12)15(19)20/h6-7,10-11,17H,2-5,8-9H2,1H3,(H,16,18)(H,19,20). The van der Waals surface area contributed by atoms with Crippen LogP contribution in [0.15, 0.2) is 12.1 Å². The first-order valence-corrected chi connectivity index (χ1v) is 10.3. The molecule has 1 heterocycles.